The highest BCUT2D eigenvalue weighted by Crippen LogP contribution is 2.43. The first-order chi connectivity index (χ1) is 9.27. The third kappa shape index (κ3) is 2.54. The molecule has 2 N–H and O–H groups in total. The predicted molar refractivity (Wildman–Crippen MR) is 71.5 cm³/mol. The highest BCUT2D eigenvalue weighted by Gasteiger charge is 2.47. The van der Waals surface area contributed by atoms with Crippen molar-refractivity contribution in [3.63, 3.8) is 0 Å². The van der Waals surface area contributed by atoms with E-state index in [9.17, 15) is 10.2 Å². The van der Waals surface area contributed by atoms with Gasteiger partial charge >= 0.3 is 0 Å². The van der Waals surface area contributed by atoms with Crippen molar-refractivity contribution in [2.45, 2.75) is 24.4 Å². The van der Waals surface area contributed by atoms with Crippen LogP contribution in [0.2, 0.25) is 0 Å². The van der Waals surface area contributed by atoms with Crippen molar-refractivity contribution in [3.8, 4) is 0 Å². The van der Waals surface area contributed by atoms with Gasteiger partial charge in [-0.05, 0) is 11.1 Å². The summed E-state index contributed by atoms with van der Waals surface area (Å²) in [5, 5.41) is 20.3. The quantitative estimate of drug-likeness (QED) is 0.825. The average Bonchev–Trinajstić information content (AvgIpc) is 3.28. The van der Waals surface area contributed by atoms with E-state index in [0.29, 0.717) is 5.56 Å². The largest absolute Gasteiger partial charge is 0.387 e. The molecule has 0 aromatic heterocycles. The maximum atomic E-state index is 10.2. The first kappa shape index (κ1) is 12.4. The lowest BCUT2D eigenvalue weighted by molar-refractivity contribution is 0.00156. The minimum absolute atomic E-state index is 0.116. The van der Waals surface area contributed by atoms with Gasteiger partial charge in [-0.1, -0.05) is 60.7 Å². The molecule has 4 atom stereocenters. The molecule has 3 nitrogen and oxygen atoms in total. The first-order valence-electron chi connectivity index (χ1n) is 6.39. The molecule has 0 radical (unpaired) electrons. The zero-order chi connectivity index (χ0) is 13.2. The van der Waals surface area contributed by atoms with Crippen molar-refractivity contribution in [2.24, 2.45) is 0 Å². The molecule has 1 aliphatic heterocycles. The van der Waals surface area contributed by atoms with Crippen LogP contribution in [0.15, 0.2) is 60.7 Å². The number of rotatable bonds is 4. The highest BCUT2D eigenvalue weighted by molar-refractivity contribution is 5.25. The van der Waals surface area contributed by atoms with Gasteiger partial charge in [-0.2, -0.15) is 0 Å². The second-order valence-corrected chi connectivity index (χ2v) is 4.78. The Hall–Kier alpha value is -1.68. The van der Waals surface area contributed by atoms with E-state index in [1.807, 2.05) is 48.5 Å². The Bertz CT molecular complexity index is 526. The predicted octanol–water partition coefficient (Wildman–Crippen LogP) is 2.22. The van der Waals surface area contributed by atoms with E-state index >= 15 is 0 Å². The van der Waals surface area contributed by atoms with Crippen molar-refractivity contribution >= 4 is 0 Å². The van der Waals surface area contributed by atoms with Crippen LogP contribution in [0.1, 0.15) is 23.3 Å². The first-order valence-corrected chi connectivity index (χ1v) is 6.39. The Morgan fingerprint density at radius 1 is 0.842 bits per heavy atom. The van der Waals surface area contributed by atoms with Gasteiger partial charge in [0.15, 0.2) is 0 Å². The zero-order valence-electron chi connectivity index (χ0n) is 10.4. The summed E-state index contributed by atoms with van der Waals surface area (Å²) in [6, 6.07) is 18.9. The zero-order valence-corrected chi connectivity index (χ0v) is 10.4. The van der Waals surface area contributed by atoms with E-state index in [4.69, 9.17) is 4.74 Å². The summed E-state index contributed by atoms with van der Waals surface area (Å²) in [7, 11) is 0. The summed E-state index contributed by atoms with van der Waals surface area (Å²) in [6.07, 6.45) is -2.28. The Morgan fingerprint density at radius 2 is 1.42 bits per heavy atom. The van der Waals surface area contributed by atoms with Crippen molar-refractivity contribution in [2.75, 3.05) is 0 Å². The van der Waals surface area contributed by atoms with Crippen LogP contribution in [0.25, 0.3) is 0 Å². The fraction of sp³-hybridized carbons (Fsp3) is 0.250. The lowest BCUT2D eigenvalue weighted by Gasteiger charge is -2.16. The molecule has 19 heavy (non-hydrogen) atoms. The maximum Gasteiger partial charge on any atom is 0.117 e. The fourth-order valence-corrected chi connectivity index (χ4v) is 2.32. The van der Waals surface area contributed by atoms with Gasteiger partial charge in [0.1, 0.15) is 24.4 Å². The SMILES string of the molecule is OC(c1ccccc1)[C@@H](O)[C@H]1O[C@H]1c1ccccc1. The smallest absolute Gasteiger partial charge is 0.117 e. The van der Waals surface area contributed by atoms with Gasteiger partial charge in [-0.3, -0.25) is 0 Å². The van der Waals surface area contributed by atoms with Gasteiger partial charge in [-0.25, -0.2) is 0 Å². The molecule has 1 saturated heterocycles. The number of benzene rings is 2. The summed E-state index contributed by atoms with van der Waals surface area (Å²) in [4.78, 5) is 0. The van der Waals surface area contributed by atoms with E-state index < -0.39 is 12.2 Å². The van der Waals surface area contributed by atoms with Crippen LogP contribution in [0.5, 0.6) is 0 Å². The standard InChI is InChI=1S/C16H16O3/c17-13(11-7-3-1-4-8-11)14(18)16-15(19-16)12-9-5-2-6-10-12/h1-10,13-18H/t13?,14-,15+,16-/m1/s1. The highest BCUT2D eigenvalue weighted by atomic mass is 16.6. The van der Waals surface area contributed by atoms with Gasteiger partial charge in [0, 0.05) is 0 Å². The molecule has 2 aromatic rings. The third-order valence-electron chi connectivity index (χ3n) is 3.45. The Kier molecular flexibility index (Phi) is 3.34. The second kappa shape index (κ2) is 5.13. The summed E-state index contributed by atoms with van der Waals surface area (Å²) in [5.41, 5.74) is 1.74. The van der Waals surface area contributed by atoms with Crippen molar-refractivity contribution < 1.29 is 14.9 Å². The van der Waals surface area contributed by atoms with Gasteiger partial charge < -0.3 is 14.9 Å². The van der Waals surface area contributed by atoms with Crippen molar-refractivity contribution in [3.05, 3.63) is 71.8 Å². The number of hydrogen-bond acceptors (Lipinski definition) is 3. The number of ether oxygens (including phenoxy) is 1. The van der Waals surface area contributed by atoms with Crippen LogP contribution in [0.4, 0.5) is 0 Å². The van der Waals surface area contributed by atoms with Crippen LogP contribution < -0.4 is 0 Å². The molecule has 0 spiro atoms. The lowest BCUT2D eigenvalue weighted by atomic mass is 9.99. The van der Waals surface area contributed by atoms with E-state index in [-0.39, 0.29) is 12.2 Å². The fourth-order valence-electron chi connectivity index (χ4n) is 2.32. The van der Waals surface area contributed by atoms with Gasteiger partial charge in [0.2, 0.25) is 0 Å². The number of aliphatic hydroxyl groups is 2. The Balaban J connectivity index is 1.68. The Labute approximate surface area is 112 Å². The summed E-state index contributed by atoms with van der Waals surface area (Å²) in [6.45, 7) is 0. The number of aliphatic hydroxyl groups excluding tert-OH is 2. The van der Waals surface area contributed by atoms with E-state index in [2.05, 4.69) is 0 Å². The van der Waals surface area contributed by atoms with Crippen LogP contribution in [0, 0.1) is 0 Å². The molecule has 2 aromatic carbocycles. The topological polar surface area (TPSA) is 53.0 Å². The molecule has 3 heteroatoms. The van der Waals surface area contributed by atoms with Crippen LogP contribution >= 0.6 is 0 Å². The van der Waals surface area contributed by atoms with Crippen LogP contribution in [-0.2, 0) is 4.74 Å². The molecular formula is C16H16O3. The number of hydrogen-bond donors (Lipinski definition) is 2. The van der Waals surface area contributed by atoms with E-state index in [0.717, 1.165) is 5.56 Å². The average molecular weight is 256 g/mol. The van der Waals surface area contributed by atoms with Crippen molar-refractivity contribution in [1.82, 2.24) is 0 Å². The van der Waals surface area contributed by atoms with Gasteiger partial charge in [-0.15, -0.1) is 0 Å². The van der Waals surface area contributed by atoms with Crippen LogP contribution in [-0.4, -0.2) is 22.4 Å². The minimum atomic E-state index is -0.917. The maximum absolute atomic E-state index is 10.2. The lowest BCUT2D eigenvalue weighted by Crippen LogP contribution is -2.24. The van der Waals surface area contributed by atoms with Crippen LogP contribution in [0.3, 0.4) is 0 Å². The second-order valence-electron chi connectivity index (χ2n) is 4.78. The van der Waals surface area contributed by atoms with Crippen molar-refractivity contribution in [1.29, 1.82) is 0 Å². The molecule has 0 amide bonds. The molecule has 0 aliphatic carbocycles. The molecule has 3 rings (SSSR count). The monoisotopic (exact) mass is 256 g/mol. The Morgan fingerprint density at radius 3 is 2.05 bits per heavy atom. The summed E-state index contributed by atoms with van der Waals surface area (Å²) in [5.74, 6) is 0. The molecule has 1 heterocycles. The van der Waals surface area contributed by atoms with Gasteiger partial charge in [0.05, 0.1) is 0 Å². The molecule has 0 bridgehead atoms. The third-order valence-corrected chi connectivity index (χ3v) is 3.45. The molecule has 98 valence electrons. The number of epoxide rings is 1. The molecule has 1 fully saturated rings. The van der Waals surface area contributed by atoms with E-state index in [1.54, 1.807) is 12.1 Å². The molecule has 1 aliphatic rings. The minimum Gasteiger partial charge on any atom is -0.387 e. The summed E-state index contributed by atoms with van der Waals surface area (Å²) < 4.78 is 5.50. The molecule has 1 unspecified atom stereocenters. The normalized spacial score (nSPS) is 24.7. The summed E-state index contributed by atoms with van der Waals surface area (Å²) >= 11 is 0. The van der Waals surface area contributed by atoms with E-state index in [1.165, 1.54) is 0 Å². The van der Waals surface area contributed by atoms with Gasteiger partial charge in [0.25, 0.3) is 0 Å². The molecule has 0 saturated carbocycles. The molecular weight excluding hydrogens is 240 g/mol.